The summed E-state index contributed by atoms with van der Waals surface area (Å²) in [6, 6.07) is 2.03. The predicted molar refractivity (Wildman–Crippen MR) is 68.7 cm³/mol. The van der Waals surface area contributed by atoms with Gasteiger partial charge in [-0.1, -0.05) is 0 Å². The Hall–Kier alpha value is -1.84. The summed E-state index contributed by atoms with van der Waals surface area (Å²) in [5.41, 5.74) is 4.48. The van der Waals surface area contributed by atoms with Crippen LogP contribution in [0.4, 0.5) is 0 Å². The van der Waals surface area contributed by atoms with Crippen molar-refractivity contribution in [2.45, 2.75) is 32.7 Å². The molecule has 0 unspecified atom stereocenters. The predicted octanol–water partition coefficient (Wildman–Crippen LogP) is 2.10. The molecular formula is C14H17N3O. The molecule has 2 heterocycles. The van der Waals surface area contributed by atoms with E-state index in [9.17, 15) is 4.79 Å². The Morgan fingerprint density at radius 1 is 1.39 bits per heavy atom. The van der Waals surface area contributed by atoms with Crippen molar-refractivity contribution in [3.63, 3.8) is 0 Å². The van der Waals surface area contributed by atoms with Crippen LogP contribution in [0.5, 0.6) is 0 Å². The number of aromatic nitrogens is 3. The molecule has 0 aromatic carbocycles. The molecule has 0 spiro atoms. The number of ketones is 1. The largest absolute Gasteiger partial charge is 0.344 e. The lowest BCUT2D eigenvalue weighted by Crippen LogP contribution is -2.14. The summed E-state index contributed by atoms with van der Waals surface area (Å²) < 4.78 is 4.06. The van der Waals surface area contributed by atoms with Crippen molar-refractivity contribution in [1.82, 2.24) is 14.3 Å². The van der Waals surface area contributed by atoms with E-state index in [1.807, 2.05) is 30.2 Å². The number of Topliss-reactive ketones (excluding diaryl/α,β-unsaturated/α-hetero) is 1. The summed E-state index contributed by atoms with van der Waals surface area (Å²) in [7, 11) is 1.92. The van der Waals surface area contributed by atoms with Gasteiger partial charge in [0.15, 0.2) is 5.78 Å². The second-order valence-corrected chi connectivity index (χ2v) is 5.03. The molecule has 0 radical (unpaired) electrons. The zero-order valence-corrected chi connectivity index (χ0v) is 10.8. The van der Waals surface area contributed by atoms with Crippen LogP contribution in [0.3, 0.4) is 0 Å². The highest BCUT2D eigenvalue weighted by atomic mass is 16.1. The van der Waals surface area contributed by atoms with Crippen molar-refractivity contribution >= 4 is 5.78 Å². The van der Waals surface area contributed by atoms with Gasteiger partial charge in [-0.2, -0.15) is 5.10 Å². The molecule has 0 atom stereocenters. The summed E-state index contributed by atoms with van der Waals surface area (Å²) in [5, 5.41) is 4.19. The van der Waals surface area contributed by atoms with E-state index in [1.165, 1.54) is 17.0 Å². The molecule has 1 aliphatic rings. The van der Waals surface area contributed by atoms with E-state index in [4.69, 9.17) is 0 Å². The minimum absolute atomic E-state index is 0.296. The number of aryl methyl sites for hydroxylation is 2. The van der Waals surface area contributed by atoms with Crippen LogP contribution in [0.15, 0.2) is 18.5 Å². The highest BCUT2D eigenvalue weighted by Crippen LogP contribution is 2.25. The Morgan fingerprint density at radius 2 is 2.22 bits per heavy atom. The maximum atomic E-state index is 11.9. The molecule has 94 valence electrons. The zero-order chi connectivity index (χ0) is 12.7. The highest BCUT2D eigenvalue weighted by Gasteiger charge is 2.22. The molecule has 0 aliphatic heterocycles. The average molecular weight is 243 g/mol. The smallest absolute Gasteiger partial charge is 0.164 e. The lowest BCUT2D eigenvalue weighted by atomic mass is 9.96. The molecule has 4 nitrogen and oxygen atoms in total. The molecule has 0 saturated heterocycles. The second-order valence-electron chi connectivity index (χ2n) is 5.03. The Labute approximate surface area is 106 Å². The number of hydrogen-bond donors (Lipinski definition) is 0. The molecule has 2 aromatic rings. The number of hydrogen-bond acceptors (Lipinski definition) is 2. The van der Waals surface area contributed by atoms with Crippen LogP contribution in [0.25, 0.3) is 0 Å². The van der Waals surface area contributed by atoms with Gasteiger partial charge >= 0.3 is 0 Å². The van der Waals surface area contributed by atoms with Crippen molar-refractivity contribution in [1.29, 1.82) is 0 Å². The van der Waals surface area contributed by atoms with E-state index in [0.717, 1.165) is 24.9 Å². The lowest BCUT2D eigenvalue weighted by Gasteiger charge is -2.15. The van der Waals surface area contributed by atoms with Gasteiger partial charge in [0, 0.05) is 42.2 Å². The summed E-state index contributed by atoms with van der Waals surface area (Å²) in [6.07, 6.45) is 6.59. The lowest BCUT2D eigenvalue weighted by molar-refractivity contribution is 0.0972. The van der Waals surface area contributed by atoms with Crippen LogP contribution in [-0.2, 0) is 20.0 Å². The fourth-order valence-electron chi connectivity index (χ4n) is 2.75. The van der Waals surface area contributed by atoms with Crippen LogP contribution in [0.1, 0.15) is 40.2 Å². The SMILES string of the molecule is Cc1cc2c(n1Cc1cnn(C)c1)CCCC2=O. The minimum Gasteiger partial charge on any atom is -0.344 e. The van der Waals surface area contributed by atoms with Gasteiger partial charge in [-0.15, -0.1) is 0 Å². The summed E-state index contributed by atoms with van der Waals surface area (Å²) in [4.78, 5) is 11.9. The van der Waals surface area contributed by atoms with E-state index in [-0.39, 0.29) is 0 Å². The maximum absolute atomic E-state index is 11.9. The fourth-order valence-corrected chi connectivity index (χ4v) is 2.75. The zero-order valence-electron chi connectivity index (χ0n) is 10.8. The van der Waals surface area contributed by atoms with Gasteiger partial charge in [-0.05, 0) is 25.8 Å². The summed E-state index contributed by atoms with van der Waals surface area (Å²) >= 11 is 0. The van der Waals surface area contributed by atoms with Crippen molar-refractivity contribution in [3.8, 4) is 0 Å². The molecule has 0 bridgehead atoms. The van der Waals surface area contributed by atoms with Crippen LogP contribution in [0.2, 0.25) is 0 Å². The third kappa shape index (κ3) is 1.78. The summed E-state index contributed by atoms with van der Waals surface area (Å²) in [6.45, 7) is 2.88. The van der Waals surface area contributed by atoms with Crippen LogP contribution in [0, 0.1) is 6.92 Å². The monoisotopic (exact) mass is 243 g/mol. The topological polar surface area (TPSA) is 39.8 Å². The third-order valence-corrected chi connectivity index (χ3v) is 3.63. The molecule has 0 amide bonds. The van der Waals surface area contributed by atoms with Crippen LogP contribution in [-0.4, -0.2) is 20.1 Å². The second kappa shape index (κ2) is 4.12. The first kappa shape index (κ1) is 11.3. The van der Waals surface area contributed by atoms with Gasteiger partial charge in [-0.3, -0.25) is 9.48 Å². The van der Waals surface area contributed by atoms with E-state index >= 15 is 0 Å². The maximum Gasteiger partial charge on any atom is 0.164 e. The third-order valence-electron chi connectivity index (χ3n) is 3.63. The van der Waals surface area contributed by atoms with Gasteiger partial charge in [-0.25, -0.2) is 0 Å². The minimum atomic E-state index is 0.296. The van der Waals surface area contributed by atoms with Crippen molar-refractivity contribution in [2.24, 2.45) is 7.05 Å². The molecule has 1 aliphatic carbocycles. The number of nitrogens with zero attached hydrogens (tertiary/aromatic N) is 3. The summed E-state index contributed by atoms with van der Waals surface area (Å²) in [5.74, 6) is 0.296. The van der Waals surface area contributed by atoms with Crippen LogP contribution < -0.4 is 0 Å². The molecule has 2 aromatic heterocycles. The molecule has 0 fully saturated rings. The first-order valence-electron chi connectivity index (χ1n) is 6.35. The molecule has 18 heavy (non-hydrogen) atoms. The first-order chi connectivity index (χ1) is 8.65. The Morgan fingerprint density at radius 3 is 2.94 bits per heavy atom. The quantitative estimate of drug-likeness (QED) is 0.810. The molecule has 0 saturated carbocycles. The number of carbonyl (C=O) groups is 1. The van der Waals surface area contributed by atoms with Gasteiger partial charge in [0.25, 0.3) is 0 Å². The van der Waals surface area contributed by atoms with Crippen molar-refractivity contribution in [3.05, 3.63) is 41.0 Å². The number of carbonyl (C=O) groups excluding carboxylic acids is 1. The van der Waals surface area contributed by atoms with Crippen molar-refractivity contribution in [2.75, 3.05) is 0 Å². The standard InChI is InChI=1S/C14H17N3O/c1-10-6-12-13(4-3-5-14(12)18)17(10)9-11-7-15-16(2)8-11/h6-8H,3-5,9H2,1-2H3. The fraction of sp³-hybridized carbons (Fsp3) is 0.429. The normalized spacial score (nSPS) is 14.9. The van der Waals surface area contributed by atoms with Gasteiger partial charge in [0.05, 0.1) is 12.7 Å². The van der Waals surface area contributed by atoms with E-state index in [0.29, 0.717) is 12.2 Å². The average Bonchev–Trinajstić information content (AvgIpc) is 2.87. The van der Waals surface area contributed by atoms with Gasteiger partial charge in [0.2, 0.25) is 0 Å². The Kier molecular flexibility index (Phi) is 2.58. The first-order valence-corrected chi connectivity index (χ1v) is 6.35. The van der Waals surface area contributed by atoms with E-state index in [2.05, 4.69) is 16.6 Å². The highest BCUT2D eigenvalue weighted by molar-refractivity contribution is 5.98. The molecule has 3 rings (SSSR count). The van der Waals surface area contributed by atoms with Gasteiger partial charge < -0.3 is 4.57 Å². The Bertz CT molecular complexity index is 607. The molecule has 4 heteroatoms. The molecular weight excluding hydrogens is 226 g/mol. The number of fused-ring (bicyclic) bond motifs is 1. The van der Waals surface area contributed by atoms with E-state index in [1.54, 1.807) is 0 Å². The Balaban J connectivity index is 1.99. The van der Waals surface area contributed by atoms with Crippen molar-refractivity contribution < 1.29 is 4.79 Å². The van der Waals surface area contributed by atoms with Crippen LogP contribution >= 0.6 is 0 Å². The molecule has 0 N–H and O–H groups in total. The van der Waals surface area contributed by atoms with E-state index < -0.39 is 0 Å². The van der Waals surface area contributed by atoms with Gasteiger partial charge in [0.1, 0.15) is 0 Å². The number of rotatable bonds is 2.